The van der Waals surface area contributed by atoms with Crippen molar-refractivity contribution in [3.05, 3.63) is 34.3 Å². The fraction of sp³-hybridized carbons (Fsp3) is 0.600. The Morgan fingerprint density at radius 1 is 1.32 bits per heavy atom. The van der Waals surface area contributed by atoms with Crippen LogP contribution in [0.4, 0.5) is 0 Å². The second-order valence-electron chi connectivity index (χ2n) is 5.18. The van der Waals surface area contributed by atoms with Crippen LogP contribution in [0, 0.1) is 0 Å². The van der Waals surface area contributed by atoms with Crippen molar-refractivity contribution in [2.75, 3.05) is 39.3 Å². The molecule has 0 aromatic heterocycles. The third-order valence-corrected chi connectivity index (χ3v) is 4.52. The monoisotopic (exact) mass is 325 g/mol. The van der Waals surface area contributed by atoms with Gasteiger partial charge in [0.1, 0.15) is 0 Å². The molecule has 1 aromatic rings. The zero-order valence-electron chi connectivity index (χ0n) is 11.7. The van der Waals surface area contributed by atoms with E-state index in [-0.39, 0.29) is 0 Å². The number of hydrogen-bond donors (Lipinski definition) is 2. The number of nitrogens with zero attached hydrogens (tertiary/aromatic N) is 1. The molecule has 1 aliphatic heterocycles. The molecule has 1 unspecified atom stereocenters. The van der Waals surface area contributed by atoms with Gasteiger partial charge in [-0.05, 0) is 31.5 Å². The third kappa shape index (κ3) is 4.88. The molecule has 0 saturated carbocycles. The summed E-state index contributed by atoms with van der Waals surface area (Å²) >= 11 is 3.60. The van der Waals surface area contributed by atoms with Gasteiger partial charge in [-0.15, -0.1) is 0 Å². The highest BCUT2D eigenvalue weighted by atomic mass is 79.9. The molecule has 1 saturated heterocycles. The van der Waals surface area contributed by atoms with Crippen LogP contribution in [0.15, 0.2) is 28.7 Å². The van der Waals surface area contributed by atoms with Crippen molar-refractivity contribution < 1.29 is 0 Å². The SMILES string of the molecule is CC(CNCCc1ccccc1Br)N1CCNCC1. The molecule has 4 heteroatoms. The molecule has 106 valence electrons. The van der Waals surface area contributed by atoms with E-state index >= 15 is 0 Å². The van der Waals surface area contributed by atoms with Gasteiger partial charge in [0.05, 0.1) is 0 Å². The van der Waals surface area contributed by atoms with Crippen molar-refractivity contribution in [2.24, 2.45) is 0 Å². The number of rotatable bonds is 6. The zero-order chi connectivity index (χ0) is 13.5. The molecule has 0 aliphatic carbocycles. The molecule has 0 spiro atoms. The van der Waals surface area contributed by atoms with Crippen LogP contribution >= 0.6 is 15.9 Å². The van der Waals surface area contributed by atoms with Crippen molar-refractivity contribution in [3.63, 3.8) is 0 Å². The van der Waals surface area contributed by atoms with Crippen LogP contribution in [-0.4, -0.2) is 50.2 Å². The van der Waals surface area contributed by atoms with Crippen LogP contribution < -0.4 is 10.6 Å². The Labute approximate surface area is 124 Å². The summed E-state index contributed by atoms with van der Waals surface area (Å²) in [6, 6.07) is 9.09. The van der Waals surface area contributed by atoms with E-state index in [0.29, 0.717) is 6.04 Å². The Morgan fingerprint density at radius 3 is 2.79 bits per heavy atom. The van der Waals surface area contributed by atoms with Crippen molar-refractivity contribution in [2.45, 2.75) is 19.4 Å². The predicted octanol–water partition coefficient (Wildman–Crippen LogP) is 1.87. The zero-order valence-corrected chi connectivity index (χ0v) is 13.2. The average Bonchev–Trinajstić information content (AvgIpc) is 2.46. The molecule has 1 atom stereocenters. The number of nitrogens with one attached hydrogen (secondary N) is 2. The van der Waals surface area contributed by atoms with Gasteiger partial charge in [0.15, 0.2) is 0 Å². The lowest BCUT2D eigenvalue weighted by molar-refractivity contribution is 0.181. The van der Waals surface area contributed by atoms with Crippen molar-refractivity contribution in [1.29, 1.82) is 0 Å². The van der Waals surface area contributed by atoms with Crippen LogP contribution in [0.3, 0.4) is 0 Å². The van der Waals surface area contributed by atoms with E-state index in [2.05, 4.69) is 62.7 Å². The average molecular weight is 326 g/mol. The first kappa shape index (κ1) is 15.0. The number of hydrogen-bond acceptors (Lipinski definition) is 3. The van der Waals surface area contributed by atoms with Gasteiger partial charge in [0, 0.05) is 43.2 Å². The summed E-state index contributed by atoms with van der Waals surface area (Å²) in [6.07, 6.45) is 1.08. The molecule has 1 heterocycles. The molecular weight excluding hydrogens is 302 g/mol. The van der Waals surface area contributed by atoms with Gasteiger partial charge in [0.2, 0.25) is 0 Å². The summed E-state index contributed by atoms with van der Waals surface area (Å²) in [5.41, 5.74) is 1.38. The van der Waals surface area contributed by atoms with Crippen LogP contribution in [0.1, 0.15) is 12.5 Å². The van der Waals surface area contributed by atoms with Crippen molar-refractivity contribution in [3.8, 4) is 0 Å². The van der Waals surface area contributed by atoms with Gasteiger partial charge in [-0.3, -0.25) is 4.90 Å². The fourth-order valence-electron chi connectivity index (χ4n) is 2.49. The minimum Gasteiger partial charge on any atom is -0.315 e. The van der Waals surface area contributed by atoms with Gasteiger partial charge in [-0.2, -0.15) is 0 Å². The quantitative estimate of drug-likeness (QED) is 0.782. The van der Waals surface area contributed by atoms with Gasteiger partial charge in [-0.25, -0.2) is 0 Å². The fourth-order valence-corrected chi connectivity index (χ4v) is 2.97. The van der Waals surface area contributed by atoms with E-state index < -0.39 is 0 Å². The summed E-state index contributed by atoms with van der Waals surface area (Å²) in [7, 11) is 0. The van der Waals surface area contributed by atoms with Crippen LogP contribution in [0.25, 0.3) is 0 Å². The highest BCUT2D eigenvalue weighted by Gasteiger charge is 2.15. The predicted molar refractivity (Wildman–Crippen MR) is 84.6 cm³/mol. The number of piperazine rings is 1. The second kappa shape index (κ2) is 8.00. The minimum atomic E-state index is 0.626. The third-order valence-electron chi connectivity index (χ3n) is 3.74. The topological polar surface area (TPSA) is 27.3 Å². The first-order chi connectivity index (χ1) is 9.27. The molecule has 19 heavy (non-hydrogen) atoms. The molecule has 3 nitrogen and oxygen atoms in total. The van der Waals surface area contributed by atoms with E-state index in [1.807, 2.05) is 0 Å². The summed E-state index contributed by atoms with van der Waals surface area (Å²) in [5.74, 6) is 0. The number of benzene rings is 1. The van der Waals surface area contributed by atoms with Crippen molar-refractivity contribution in [1.82, 2.24) is 15.5 Å². The number of halogens is 1. The van der Waals surface area contributed by atoms with E-state index in [1.54, 1.807) is 0 Å². The Morgan fingerprint density at radius 2 is 2.05 bits per heavy atom. The van der Waals surface area contributed by atoms with E-state index in [9.17, 15) is 0 Å². The molecule has 0 bridgehead atoms. The summed E-state index contributed by atoms with van der Waals surface area (Å²) < 4.78 is 1.21. The van der Waals surface area contributed by atoms with Crippen molar-refractivity contribution >= 4 is 15.9 Å². The molecule has 0 amide bonds. The molecular formula is C15H24BrN3. The van der Waals surface area contributed by atoms with Crippen LogP contribution in [0.2, 0.25) is 0 Å². The highest BCUT2D eigenvalue weighted by Crippen LogP contribution is 2.15. The molecule has 2 rings (SSSR count). The Bertz CT molecular complexity index is 377. The van der Waals surface area contributed by atoms with E-state index in [0.717, 1.165) is 32.6 Å². The lowest BCUT2D eigenvalue weighted by atomic mass is 10.1. The first-order valence-electron chi connectivity index (χ1n) is 7.16. The first-order valence-corrected chi connectivity index (χ1v) is 7.95. The van der Waals surface area contributed by atoms with Crippen LogP contribution in [-0.2, 0) is 6.42 Å². The maximum atomic E-state index is 3.60. The molecule has 1 aromatic carbocycles. The van der Waals surface area contributed by atoms with Gasteiger partial charge >= 0.3 is 0 Å². The van der Waals surface area contributed by atoms with Crippen LogP contribution in [0.5, 0.6) is 0 Å². The van der Waals surface area contributed by atoms with E-state index in [4.69, 9.17) is 0 Å². The lowest BCUT2D eigenvalue weighted by Crippen LogP contribution is -2.50. The van der Waals surface area contributed by atoms with Gasteiger partial charge in [-0.1, -0.05) is 34.1 Å². The molecule has 0 radical (unpaired) electrons. The molecule has 1 fully saturated rings. The maximum absolute atomic E-state index is 3.60. The largest absolute Gasteiger partial charge is 0.315 e. The summed E-state index contributed by atoms with van der Waals surface area (Å²) in [4.78, 5) is 2.56. The molecule has 2 N–H and O–H groups in total. The standard InChI is InChI=1S/C15H24BrN3/c1-13(19-10-8-17-9-11-19)12-18-7-6-14-4-2-3-5-15(14)16/h2-5,13,17-18H,6-12H2,1H3. The summed E-state index contributed by atoms with van der Waals surface area (Å²) in [5, 5.41) is 6.97. The van der Waals surface area contributed by atoms with Gasteiger partial charge in [0.25, 0.3) is 0 Å². The Balaban J connectivity index is 1.65. The second-order valence-corrected chi connectivity index (χ2v) is 6.03. The minimum absolute atomic E-state index is 0.626. The lowest BCUT2D eigenvalue weighted by Gasteiger charge is -2.32. The Kier molecular flexibility index (Phi) is 6.31. The Hall–Kier alpha value is -0.420. The smallest absolute Gasteiger partial charge is 0.0207 e. The summed E-state index contributed by atoms with van der Waals surface area (Å²) in [6.45, 7) is 9.03. The normalized spacial score (nSPS) is 18.4. The van der Waals surface area contributed by atoms with E-state index in [1.165, 1.54) is 23.1 Å². The molecule has 1 aliphatic rings. The maximum Gasteiger partial charge on any atom is 0.0207 e. The van der Waals surface area contributed by atoms with Gasteiger partial charge < -0.3 is 10.6 Å². The highest BCUT2D eigenvalue weighted by molar-refractivity contribution is 9.10.